The minimum atomic E-state index is -3.40. The highest BCUT2D eigenvalue weighted by atomic mass is 35.5. The molecule has 1 saturated heterocycles. The molecule has 10 heteroatoms. The number of nitrogens with one attached hydrogen (secondary N) is 2. The Morgan fingerprint density at radius 2 is 1.69 bits per heavy atom. The van der Waals surface area contributed by atoms with Gasteiger partial charge in [-0.05, 0) is 48.4 Å². The second-order valence-corrected chi connectivity index (χ2v) is 11.0. The highest BCUT2D eigenvalue weighted by Gasteiger charge is 2.28. The minimum absolute atomic E-state index is 0.0306. The lowest BCUT2D eigenvalue weighted by molar-refractivity contribution is -0.133. The summed E-state index contributed by atoms with van der Waals surface area (Å²) in [6.45, 7) is 2.75. The Balaban J connectivity index is 1.44. The Kier molecular flexibility index (Phi) is 8.45. The maximum absolute atomic E-state index is 13.6. The summed E-state index contributed by atoms with van der Waals surface area (Å²) in [6, 6.07) is 20.2. The average molecular weight is 528 g/mol. The zero-order valence-electron chi connectivity index (χ0n) is 20.1. The van der Waals surface area contributed by atoms with Crippen LogP contribution in [-0.4, -0.2) is 62.7 Å². The molecular formula is C26H30ClN5O3S. The third-order valence-corrected chi connectivity index (χ3v) is 6.88. The van der Waals surface area contributed by atoms with Crippen molar-refractivity contribution in [3.63, 3.8) is 0 Å². The molecule has 0 aliphatic carbocycles. The van der Waals surface area contributed by atoms with Crippen molar-refractivity contribution >= 4 is 38.9 Å². The molecule has 36 heavy (non-hydrogen) atoms. The van der Waals surface area contributed by atoms with Crippen LogP contribution in [0, 0.1) is 0 Å². The lowest BCUT2D eigenvalue weighted by Gasteiger charge is -2.38. The van der Waals surface area contributed by atoms with Crippen molar-refractivity contribution in [2.45, 2.75) is 19.0 Å². The van der Waals surface area contributed by atoms with Crippen LogP contribution in [0.5, 0.6) is 0 Å². The maximum Gasteiger partial charge on any atom is 0.240 e. The number of pyridine rings is 1. The van der Waals surface area contributed by atoms with Crippen LogP contribution < -0.4 is 14.9 Å². The molecule has 190 valence electrons. The fraction of sp³-hybridized carbons (Fsp3) is 0.308. The van der Waals surface area contributed by atoms with Gasteiger partial charge in [-0.25, -0.2) is 8.42 Å². The molecule has 1 fully saturated rings. The SMILES string of the molecule is CS(=O)(=O)Nc1ccccc1N1CCN(C(=O)C(Cc2ccc(Cl)cc2)NCc2ccccn2)CC1. The molecule has 1 atom stereocenters. The highest BCUT2D eigenvalue weighted by Crippen LogP contribution is 2.27. The van der Waals surface area contributed by atoms with Crippen molar-refractivity contribution in [3.05, 3.63) is 89.2 Å². The number of rotatable bonds is 9. The van der Waals surface area contributed by atoms with E-state index in [1.165, 1.54) is 0 Å². The van der Waals surface area contributed by atoms with E-state index in [0.717, 1.165) is 23.2 Å². The molecule has 0 radical (unpaired) electrons. The van der Waals surface area contributed by atoms with Gasteiger partial charge in [0.25, 0.3) is 0 Å². The Morgan fingerprint density at radius 1 is 1.00 bits per heavy atom. The van der Waals surface area contributed by atoms with Gasteiger partial charge < -0.3 is 9.80 Å². The third-order valence-electron chi connectivity index (χ3n) is 6.04. The Bertz CT molecular complexity index is 1260. The van der Waals surface area contributed by atoms with Gasteiger partial charge in [0.2, 0.25) is 15.9 Å². The van der Waals surface area contributed by atoms with Gasteiger partial charge >= 0.3 is 0 Å². The Hall–Kier alpha value is -3.14. The highest BCUT2D eigenvalue weighted by molar-refractivity contribution is 7.92. The molecule has 1 aliphatic heterocycles. The lowest BCUT2D eigenvalue weighted by Crippen LogP contribution is -2.54. The van der Waals surface area contributed by atoms with Crippen molar-refractivity contribution in [1.29, 1.82) is 0 Å². The van der Waals surface area contributed by atoms with E-state index in [4.69, 9.17) is 11.6 Å². The standard InChI is InChI=1S/C26H30ClN5O3S/c1-36(34,35)30-23-7-2-3-8-25(23)31-14-16-32(17-15-31)26(33)24(18-20-9-11-21(27)12-10-20)29-19-22-6-4-5-13-28-22/h2-13,24,29-30H,14-19H2,1H3. The fourth-order valence-corrected chi connectivity index (χ4v) is 4.96. The van der Waals surface area contributed by atoms with E-state index >= 15 is 0 Å². The number of carbonyl (C=O) groups is 1. The number of carbonyl (C=O) groups excluding carboxylic acids is 1. The van der Waals surface area contributed by atoms with E-state index in [1.54, 1.807) is 18.3 Å². The average Bonchev–Trinajstić information content (AvgIpc) is 2.87. The Morgan fingerprint density at radius 3 is 2.36 bits per heavy atom. The van der Waals surface area contributed by atoms with Crippen molar-refractivity contribution in [3.8, 4) is 0 Å². The second kappa shape index (κ2) is 11.7. The molecule has 0 saturated carbocycles. The van der Waals surface area contributed by atoms with Crippen LogP contribution in [0.4, 0.5) is 11.4 Å². The number of hydrogen-bond donors (Lipinski definition) is 2. The first-order valence-corrected chi connectivity index (χ1v) is 14.0. The first-order chi connectivity index (χ1) is 17.3. The van der Waals surface area contributed by atoms with Crippen LogP contribution in [0.15, 0.2) is 72.9 Å². The summed E-state index contributed by atoms with van der Waals surface area (Å²) < 4.78 is 26.2. The van der Waals surface area contributed by atoms with E-state index in [-0.39, 0.29) is 5.91 Å². The Labute approximate surface area is 217 Å². The van der Waals surface area contributed by atoms with Crippen LogP contribution in [0.25, 0.3) is 0 Å². The van der Waals surface area contributed by atoms with Gasteiger partial charge in [0.1, 0.15) is 0 Å². The van der Waals surface area contributed by atoms with Crippen molar-refractivity contribution in [1.82, 2.24) is 15.2 Å². The van der Waals surface area contributed by atoms with Crippen LogP contribution in [0.1, 0.15) is 11.3 Å². The summed E-state index contributed by atoms with van der Waals surface area (Å²) >= 11 is 6.04. The molecule has 1 amide bonds. The van der Waals surface area contributed by atoms with Crippen molar-refractivity contribution in [2.75, 3.05) is 42.1 Å². The molecule has 8 nitrogen and oxygen atoms in total. The number of nitrogens with zero attached hydrogens (tertiary/aromatic N) is 3. The first kappa shape index (κ1) is 25.9. The topological polar surface area (TPSA) is 94.6 Å². The molecule has 2 N–H and O–H groups in total. The minimum Gasteiger partial charge on any atom is -0.366 e. The van der Waals surface area contributed by atoms with E-state index in [0.29, 0.717) is 49.9 Å². The summed E-state index contributed by atoms with van der Waals surface area (Å²) in [5.41, 5.74) is 3.23. The van der Waals surface area contributed by atoms with Crippen molar-refractivity contribution < 1.29 is 13.2 Å². The normalized spacial score (nSPS) is 14.9. The van der Waals surface area contributed by atoms with E-state index in [2.05, 4.69) is 19.9 Å². The summed E-state index contributed by atoms with van der Waals surface area (Å²) in [7, 11) is -3.40. The van der Waals surface area contributed by atoms with Crippen LogP contribution in [0.2, 0.25) is 5.02 Å². The second-order valence-electron chi connectivity index (χ2n) is 8.79. The molecular weight excluding hydrogens is 498 g/mol. The zero-order chi connectivity index (χ0) is 25.5. The van der Waals surface area contributed by atoms with Crippen LogP contribution in [-0.2, 0) is 27.8 Å². The van der Waals surface area contributed by atoms with Crippen LogP contribution >= 0.6 is 11.6 Å². The monoisotopic (exact) mass is 527 g/mol. The molecule has 2 aromatic carbocycles. The van der Waals surface area contributed by atoms with Gasteiger partial charge in [-0.3, -0.25) is 19.8 Å². The van der Waals surface area contributed by atoms with Gasteiger partial charge in [-0.2, -0.15) is 0 Å². The van der Waals surface area contributed by atoms with Crippen molar-refractivity contribution in [2.24, 2.45) is 0 Å². The van der Waals surface area contributed by atoms with Gasteiger partial charge in [0.05, 0.1) is 29.4 Å². The molecule has 3 aromatic rings. The maximum atomic E-state index is 13.6. The molecule has 0 spiro atoms. The molecule has 2 heterocycles. The summed E-state index contributed by atoms with van der Waals surface area (Å²) in [6.07, 6.45) is 3.41. The number of piperazine rings is 1. The van der Waals surface area contributed by atoms with Gasteiger partial charge in [0, 0.05) is 43.9 Å². The van der Waals surface area contributed by atoms with Gasteiger partial charge in [-0.1, -0.05) is 41.9 Å². The molecule has 1 aromatic heterocycles. The van der Waals surface area contributed by atoms with Gasteiger partial charge in [-0.15, -0.1) is 0 Å². The lowest BCUT2D eigenvalue weighted by atomic mass is 10.0. The number of sulfonamides is 1. The predicted octanol–water partition coefficient (Wildman–Crippen LogP) is 3.16. The number of para-hydroxylation sites is 2. The largest absolute Gasteiger partial charge is 0.366 e. The summed E-state index contributed by atoms with van der Waals surface area (Å²) in [5.74, 6) is 0.0306. The number of benzene rings is 2. The first-order valence-electron chi connectivity index (χ1n) is 11.8. The molecule has 4 rings (SSSR count). The third kappa shape index (κ3) is 7.19. The predicted molar refractivity (Wildman–Crippen MR) is 144 cm³/mol. The van der Waals surface area contributed by atoms with E-state index in [9.17, 15) is 13.2 Å². The molecule has 1 aliphatic rings. The van der Waals surface area contributed by atoms with E-state index < -0.39 is 16.1 Å². The molecule has 1 unspecified atom stereocenters. The summed E-state index contributed by atoms with van der Waals surface area (Å²) in [4.78, 5) is 21.9. The number of halogens is 1. The number of anilines is 2. The van der Waals surface area contributed by atoms with Crippen LogP contribution in [0.3, 0.4) is 0 Å². The fourth-order valence-electron chi connectivity index (χ4n) is 4.26. The number of amides is 1. The quantitative estimate of drug-likeness (QED) is 0.444. The van der Waals surface area contributed by atoms with Gasteiger partial charge in [0.15, 0.2) is 0 Å². The zero-order valence-corrected chi connectivity index (χ0v) is 21.7. The smallest absolute Gasteiger partial charge is 0.240 e. The molecule has 0 bridgehead atoms. The number of aromatic nitrogens is 1. The summed E-state index contributed by atoms with van der Waals surface area (Å²) in [5, 5.41) is 4.05. The van der Waals surface area contributed by atoms with E-state index in [1.807, 2.05) is 59.5 Å². The number of hydrogen-bond acceptors (Lipinski definition) is 6.